The number of fused-ring (bicyclic) bond motifs is 15. The Morgan fingerprint density at radius 3 is 1.87 bits per heavy atom. The van der Waals surface area contributed by atoms with E-state index in [-0.39, 0.29) is 52.8 Å². The van der Waals surface area contributed by atoms with Gasteiger partial charge in [0.05, 0.1) is 41.3 Å². The predicted octanol–water partition coefficient (Wildman–Crippen LogP) is 0.105. The number of nitrogens with two attached hydrogens (primary N) is 2. The number of carboxylic acids is 1. The molecule has 7 aliphatic rings. The summed E-state index contributed by atoms with van der Waals surface area (Å²) in [7, 11) is 1.47. The number of primary amides is 1. The minimum atomic E-state index is -2.35. The molecule has 0 aromatic heterocycles. The van der Waals surface area contributed by atoms with Crippen LogP contribution in [0.4, 0.5) is 0 Å². The van der Waals surface area contributed by atoms with Crippen molar-refractivity contribution in [2.24, 2.45) is 17.4 Å². The first-order chi connectivity index (χ1) is 49.1. The van der Waals surface area contributed by atoms with Crippen LogP contribution >= 0.6 is 23.2 Å². The highest BCUT2D eigenvalue weighted by molar-refractivity contribution is 6.32. The summed E-state index contributed by atoms with van der Waals surface area (Å²) in [5, 5.41) is 138. The van der Waals surface area contributed by atoms with Crippen molar-refractivity contribution >= 4 is 70.5 Å². The maximum atomic E-state index is 16.0. The minimum Gasteiger partial charge on any atom is -0.508 e. The van der Waals surface area contributed by atoms with E-state index >= 15 is 14.4 Å². The fourth-order valence-corrected chi connectivity index (χ4v) is 12.9. The van der Waals surface area contributed by atoms with Crippen molar-refractivity contribution in [3.63, 3.8) is 0 Å². The van der Waals surface area contributed by atoms with Crippen LogP contribution in [0.2, 0.25) is 10.0 Å². The number of carboxylic acid groups (broad SMARTS) is 1. The molecule has 18 atom stereocenters. The molecule has 12 rings (SSSR count). The molecular formula is C68H81Cl2N9O25. The van der Waals surface area contributed by atoms with E-state index in [1.807, 2.05) is 13.8 Å². The number of likely N-dealkylation sites (N-methyl/N-ethyl adjacent to an activating group) is 1. The zero-order valence-corrected chi connectivity index (χ0v) is 58.0. The minimum absolute atomic E-state index is 0.0975. The number of aromatic hydroxyl groups is 3. The second kappa shape index (κ2) is 32.8. The first kappa shape index (κ1) is 78.9. The summed E-state index contributed by atoms with van der Waals surface area (Å²) < 4.78 is 38.3. The quantitative estimate of drug-likeness (QED) is 0.0743. The molecule has 0 saturated carbocycles. The zero-order valence-electron chi connectivity index (χ0n) is 56.5. The van der Waals surface area contributed by atoms with E-state index in [1.54, 1.807) is 6.92 Å². The van der Waals surface area contributed by atoms with Gasteiger partial charge in [-0.1, -0.05) is 55.2 Å². The molecule has 7 heterocycles. The van der Waals surface area contributed by atoms with Gasteiger partial charge < -0.3 is 133 Å². The Balaban J connectivity index is 0.00000411. The molecule has 7 aliphatic heterocycles. The third-order valence-corrected chi connectivity index (χ3v) is 18.4. The van der Waals surface area contributed by atoms with Crippen molar-refractivity contribution in [3.8, 4) is 57.1 Å². The number of amides is 7. The van der Waals surface area contributed by atoms with Gasteiger partial charge in [0.25, 0.3) is 0 Å². The van der Waals surface area contributed by atoms with Gasteiger partial charge in [0.15, 0.2) is 29.9 Å². The Morgan fingerprint density at radius 2 is 1.30 bits per heavy atom. The lowest BCUT2D eigenvalue weighted by molar-refractivity contribution is -0.333. The van der Waals surface area contributed by atoms with E-state index in [0.29, 0.717) is 0 Å². The van der Waals surface area contributed by atoms with Crippen molar-refractivity contribution in [3.05, 3.63) is 117 Å². The molecule has 11 bridgehead atoms. The number of nitrogens with one attached hydrogen (secondary N) is 7. The summed E-state index contributed by atoms with van der Waals surface area (Å²) in [4.78, 5) is 117. The molecule has 0 aliphatic carbocycles. The topological polar surface area (TPSA) is 551 Å². The van der Waals surface area contributed by atoms with Gasteiger partial charge in [0, 0.05) is 41.3 Å². The van der Waals surface area contributed by atoms with E-state index in [0.717, 1.165) is 66.7 Å². The van der Waals surface area contributed by atoms with Crippen LogP contribution in [0.1, 0.15) is 112 Å². The molecule has 104 heavy (non-hydrogen) atoms. The lowest BCUT2D eigenvalue weighted by Crippen LogP contribution is -2.64. The smallest absolute Gasteiger partial charge is 0.330 e. The van der Waals surface area contributed by atoms with Crippen LogP contribution in [0.25, 0.3) is 11.1 Å². The number of aliphatic hydroxyl groups is 7. The average Bonchev–Trinajstić information content (AvgIpc) is 0.770. The molecule has 22 N–H and O–H groups in total. The number of phenolic OH excluding ortho intramolecular Hbond substituents is 3. The first-order valence-corrected chi connectivity index (χ1v) is 33.4. The number of phenols is 3. The number of hydrogen-bond acceptors (Lipinski definition) is 26. The fourth-order valence-electron chi connectivity index (χ4n) is 12.5. The molecule has 562 valence electrons. The molecule has 2 saturated heterocycles. The highest BCUT2D eigenvalue weighted by Crippen LogP contribution is 2.50. The Hall–Kier alpha value is -9.24. The number of aliphatic carboxylic acids is 1. The predicted molar refractivity (Wildman–Crippen MR) is 362 cm³/mol. The van der Waals surface area contributed by atoms with Crippen molar-refractivity contribution in [2.45, 2.75) is 163 Å². The second-order valence-electron chi connectivity index (χ2n) is 26.0. The molecule has 18 unspecified atom stereocenters. The van der Waals surface area contributed by atoms with Gasteiger partial charge in [0.2, 0.25) is 53.4 Å². The van der Waals surface area contributed by atoms with Crippen LogP contribution in [0, 0.1) is 5.92 Å². The molecule has 5 aromatic rings. The third-order valence-electron chi connectivity index (χ3n) is 17.8. The van der Waals surface area contributed by atoms with Crippen molar-refractivity contribution in [1.29, 1.82) is 0 Å². The Kier molecular flexibility index (Phi) is 24.9. The van der Waals surface area contributed by atoms with Crippen LogP contribution in [0.5, 0.6) is 46.0 Å². The summed E-state index contributed by atoms with van der Waals surface area (Å²) in [6, 6.07) is -0.679. The van der Waals surface area contributed by atoms with Crippen molar-refractivity contribution < 1.29 is 123 Å². The lowest BCUT2D eigenvalue weighted by Gasteiger charge is -2.47. The van der Waals surface area contributed by atoms with Crippen LogP contribution in [0.15, 0.2) is 78.9 Å². The van der Waals surface area contributed by atoms with Gasteiger partial charge in [-0.05, 0) is 117 Å². The van der Waals surface area contributed by atoms with Gasteiger partial charge in [0.1, 0.15) is 89.5 Å². The number of benzene rings is 5. The van der Waals surface area contributed by atoms with Crippen LogP contribution in [-0.4, -0.2) is 203 Å². The fraction of sp³-hybridized carbons (Fsp3) is 0.441. The SMILES string of the molecule is CCO.CNC(CC(C)C)C(=O)NC1C(=O)NC(CC(N)=O)C(=O)NC2C(=O)NC3C(=O)NC(C(=O)NC(C(=O)O)c4cc(O)cc(O)c4-c4cc3ccc4O)C(O)c3ccc(c(Cl)c3)Oc3cc2cc(c3OC2OC(CO)C(O)C(O)C2OC2CC(C)(N)C(O)C(C)O2)Oc2ccc(cc2Cl)C1O. The summed E-state index contributed by atoms with van der Waals surface area (Å²) in [5.41, 5.74) is 8.00. The number of carbonyl (C=O) groups excluding carboxylic acids is 7. The molecule has 7 amide bonds. The number of carbonyl (C=O) groups is 8. The molecule has 5 aromatic carbocycles. The van der Waals surface area contributed by atoms with E-state index in [1.165, 1.54) is 33.0 Å². The molecule has 36 heteroatoms. The number of rotatable bonds is 13. The van der Waals surface area contributed by atoms with Gasteiger partial charge in [-0.25, -0.2) is 4.79 Å². The Labute approximate surface area is 602 Å². The van der Waals surface area contributed by atoms with Crippen molar-refractivity contribution in [2.75, 3.05) is 20.3 Å². The third kappa shape index (κ3) is 17.3. The van der Waals surface area contributed by atoms with E-state index in [2.05, 4.69) is 37.2 Å². The molecule has 0 spiro atoms. The highest BCUT2D eigenvalue weighted by Gasteiger charge is 2.51. The zero-order chi connectivity index (χ0) is 76.2. The average molecular weight is 1500 g/mol. The summed E-state index contributed by atoms with van der Waals surface area (Å²) in [6.45, 7) is 7.59. The van der Waals surface area contributed by atoms with E-state index < -0.39 is 237 Å². The summed E-state index contributed by atoms with van der Waals surface area (Å²) in [6.07, 6.45) is -18.6. The standard InChI is InChI=1S/C66H75Cl2N9O24.C2H6O/c1-23(2)12-34(71-5)58(88)76-49-51(83)26-7-10-38(32(67)14-26)97-40-16-28-17-41(55(40)101-65-56(54(86)53(85)42(22-78)99-65)100-44-21-66(4,70)57(87)24(3)96-44)98-39-11-8-27(15-33(39)68)52(84)50-63(93)75-48(64(94)95)31-18-29(79)19-37(81)45(31)30-13-25(6-9-36(30)80)46(60(90)77-50)74-61(91)47(28)73-59(89)35(20-43(69)82)72-62(49)92;1-2-3/h6-11,13-19,23-24,34-35,42,44,46-54,56-57,65,71,78-81,83-87H,12,20-22,70H2,1-5H3,(H2,69,82)(H,72,92)(H,73,89)(H,74,91)(H,75,93)(H,76,88)(H,77,90)(H,94,95);3H,2H2,1H3. The first-order valence-electron chi connectivity index (χ1n) is 32.6. The Bertz CT molecular complexity index is 4100. The van der Waals surface area contributed by atoms with Crippen LogP contribution in [-0.2, 0) is 52.6 Å². The van der Waals surface area contributed by atoms with Crippen molar-refractivity contribution in [1.82, 2.24) is 37.2 Å². The number of halogens is 2. The molecule has 0 radical (unpaired) electrons. The largest absolute Gasteiger partial charge is 0.508 e. The van der Waals surface area contributed by atoms with Gasteiger partial charge in [-0.2, -0.15) is 0 Å². The maximum absolute atomic E-state index is 16.0. The summed E-state index contributed by atoms with van der Waals surface area (Å²) in [5.74, 6) is -16.0. The molecule has 34 nitrogen and oxygen atoms in total. The Morgan fingerprint density at radius 1 is 0.712 bits per heavy atom. The number of hydrogen-bond donors (Lipinski definition) is 20. The number of aliphatic hydroxyl groups excluding tert-OH is 7. The van der Waals surface area contributed by atoms with E-state index in [4.69, 9.17) is 68.2 Å². The van der Waals surface area contributed by atoms with Gasteiger partial charge in [-0.15, -0.1) is 0 Å². The van der Waals surface area contributed by atoms with Gasteiger partial charge >= 0.3 is 5.97 Å². The monoisotopic (exact) mass is 1490 g/mol. The van der Waals surface area contributed by atoms with Gasteiger partial charge in [-0.3, -0.25) is 33.6 Å². The summed E-state index contributed by atoms with van der Waals surface area (Å²) >= 11 is 14.1. The van der Waals surface area contributed by atoms with Crippen LogP contribution in [0.3, 0.4) is 0 Å². The molecular weight excluding hydrogens is 1410 g/mol. The normalized spacial score (nSPS) is 28.8. The van der Waals surface area contributed by atoms with E-state index in [9.17, 15) is 75.0 Å². The maximum Gasteiger partial charge on any atom is 0.330 e. The van der Waals surface area contributed by atoms with Crippen LogP contribution < -0.4 is 62.9 Å². The molecule has 2 fully saturated rings. The highest BCUT2D eigenvalue weighted by atomic mass is 35.5. The lowest BCUT2D eigenvalue weighted by atomic mass is 9.86. The second-order valence-corrected chi connectivity index (χ2v) is 26.8. The number of ether oxygens (including phenoxy) is 6.